The summed E-state index contributed by atoms with van der Waals surface area (Å²) in [4.78, 5) is 27.6. The normalized spacial score (nSPS) is 15.2. The van der Waals surface area contributed by atoms with Gasteiger partial charge in [-0.25, -0.2) is 0 Å². The number of nitrogens with zero attached hydrogens (tertiary/aromatic N) is 1. The van der Waals surface area contributed by atoms with Gasteiger partial charge in [-0.1, -0.05) is 31.5 Å². The van der Waals surface area contributed by atoms with Crippen LogP contribution >= 0.6 is 0 Å². The minimum Gasteiger partial charge on any atom is -0.497 e. The van der Waals surface area contributed by atoms with Gasteiger partial charge in [0.1, 0.15) is 17.5 Å². The van der Waals surface area contributed by atoms with Gasteiger partial charge in [0.2, 0.25) is 5.91 Å². The Morgan fingerprint density at radius 1 is 1.10 bits per heavy atom. The van der Waals surface area contributed by atoms with E-state index < -0.39 is 6.04 Å². The van der Waals surface area contributed by atoms with Gasteiger partial charge in [0, 0.05) is 24.7 Å². The molecule has 2 amide bonds. The van der Waals surface area contributed by atoms with Crippen LogP contribution in [0.2, 0.25) is 0 Å². The summed E-state index contributed by atoms with van der Waals surface area (Å²) in [5.41, 5.74) is 2.36. The lowest BCUT2D eigenvalue weighted by Gasteiger charge is -2.25. The van der Waals surface area contributed by atoms with Crippen molar-refractivity contribution in [3.63, 3.8) is 0 Å². The summed E-state index contributed by atoms with van der Waals surface area (Å²) in [5.74, 6) is 1.17. The number of carbonyl (C=O) groups is 2. The number of hydrogen-bond donors (Lipinski definition) is 1. The van der Waals surface area contributed by atoms with Crippen LogP contribution in [0.5, 0.6) is 11.5 Å². The zero-order valence-corrected chi connectivity index (χ0v) is 17.2. The largest absolute Gasteiger partial charge is 0.497 e. The Morgan fingerprint density at radius 2 is 1.79 bits per heavy atom. The third kappa shape index (κ3) is 4.53. The molecule has 3 rings (SSSR count). The number of carbonyl (C=O) groups excluding carboxylic acids is 2. The highest BCUT2D eigenvalue weighted by atomic mass is 16.5. The number of benzene rings is 2. The van der Waals surface area contributed by atoms with Crippen molar-refractivity contribution in [2.75, 3.05) is 27.3 Å². The summed E-state index contributed by atoms with van der Waals surface area (Å²) in [6.07, 6.45) is 2.51. The first kappa shape index (κ1) is 20.7. The molecule has 29 heavy (non-hydrogen) atoms. The van der Waals surface area contributed by atoms with Crippen molar-refractivity contribution in [3.05, 3.63) is 59.2 Å². The highest BCUT2D eigenvalue weighted by molar-refractivity contribution is 6.04. The maximum absolute atomic E-state index is 13.0. The van der Waals surface area contributed by atoms with Crippen LogP contribution in [0.1, 0.15) is 47.3 Å². The van der Waals surface area contributed by atoms with Crippen molar-refractivity contribution in [2.24, 2.45) is 0 Å². The molecule has 1 unspecified atom stereocenters. The van der Waals surface area contributed by atoms with Crippen molar-refractivity contribution in [1.29, 1.82) is 0 Å². The predicted octanol–water partition coefficient (Wildman–Crippen LogP) is 3.36. The molecule has 0 saturated carbocycles. The van der Waals surface area contributed by atoms with E-state index in [9.17, 15) is 9.59 Å². The maximum atomic E-state index is 13.0. The Morgan fingerprint density at radius 3 is 2.45 bits per heavy atom. The standard InChI is InChI=1S/C23H28N2O4/c1-4-5-11-24-22(26)21-19-8-6-7-9-20(19)23(27)25(21)12-10-16-13-17(28-2)15-18(14-16)29-3/h6-9,13-15,21H,4-5,10-12H2,1-3H3,(H,24,26). The number of amides is 2. The Labute approximate surface area is 171 Å². The number of fused-ring (bicyclic) bond motifs is 1. The van der Waals surface area contributed by atoms with Gasteiger partial charge >= 0.3 is 0 Å². The molecule has 1 N–H and O–H groups in total. The molecular formula is C23H28N2O4. The second kappa shape index (κ2) is 9.45. The molecule has 6 nitrogen and oxygen atoms in total. The molecule has 0 aromatic heterocycles. The van der Waals surface area contributed by atoms with Gasteiger partial charge in [-0.2, -0.15) is 0 Å². The highest BCUT2D eigenvalue weighted by Gasteiger charge is 2.40. The Kier molecular flexibility index (Phi) is 6.75. The van der Waals surface area contributed by atoms with Crippen molar-refractivity contribution in [2.45, 2.75) is 32.2 Å². The summed E-state index contributed by atoms with van der Waals surface area (Å²) in [5, 5.41) is 2.98. The summed E-state index contributed by atoms with van der Waals surface area (Å²) < 4.78 is 10.7. The van der Waals surface area contributed by atoms with Gasteiger partial charge in [-0.3, -0.25) is 9.59 Å². The first-order valence-electron chi connectivity index (χ1n) is 9.98. The average Bonchev–Trinajstić information content (AvgIpc) is 3.04. The van der Waals surface area contributed by atoms with E-state index in [-0.39, 0.29) is 11.8 Å². The highest BCUT2D eigenvalue weighted by Crippen LogP contribution is 2.34. The maximum Gasteiger partial charge on any atom is 0.255 e. The van der Waals surface area contributed by atoms with Gasteiger partial charge in [0.05, 0.1) is 14.2 Å². The van der Waals surface area contributed by atoms with E-state index in [4.69, 9.17) is 9.47 Å². The molecular weight excluding hydrogens is 368 g/mol. The molecule has 2 aromatic carbocycles. The molecule has 154 valence electrons. The minimum absolute atomic E-state index is 0.105. The van der Waals surface area contributed by atoms with Gasteiger partial charge in [-0.15, -0.1) is 0 Å². The number of methoxy groups -OCH3 is 2. The summed E-state index contributed by atoms with van der Waals surface area (Å²) in [6, 6.07) is 12.4. The molecule has 0 bridgehead atoms. The number of rotatable bonds is 9. The molecule has 1 atom stereocenters. The van der Waals surface area contributed by atoms with Crippen LogP contribution in [0.15, 0.2) is 42.5 Å². The van der Waals surface area contributed by atoms with Gasteiger partial charge in [-0.05, 0) is 42.2 Å². The first-order chi connectivity index (χ1) is 14.1. The molecule has 0 radical (unpaired) electrons. The quantitative estimate of drug-likeness (QED) is 0.660. The molecule has 1 aliphatic rings. The Hall–Kier alpha value is -3.02. The molecule has 0 spiro atoms. The topological polar surface area (TPSA) is 67.9 Å². The van der Waals surface area contributed by atoms with Crippen molar-refractivity contribution >= 4 is 11.8 Å². The fourth-order valence-electron chi connectivity index (χ4n) is 3.63. The number of unbranched alkanes of at least 4 members (excludes halogenated alkanes) is 1. The van der Waals surface area contributed by atoms with Crippen LogP contribution in [-0.4, -0.2) is 44.0 Å². The van der Waals surface area contributed by atoms with Gasteiger partial charge in [0.15, 0.2) is 0 Å². The van der Waals surface area contributed by atoms with E-state index in [1.54, 1.807) is 25.2 Å². The number of nitrogens with one attached hydrogen (secondary N) is 1. The number of hydrogen-bond acceptors (Lipinski definition) is 4. The van der Waals surface area contributed by atoms with Crippen LogP contribution in [0, 0.1) is 0 Å². The lowest BCUT2D eigenvalue weighted by molar-refractivity contribution is -0.125. The summed E-state index contributed by atoms with van der Waals surface area (Å²) in [6.45, 7) is 3.12. The van der Waals surface area contributed by atoms with Crippen molar-refractivity contribution in [1.82, 2.24) is 10.2 Å². The van der Waals surface area contributed by atoms with E-state index in [2.05, 4.69) is 12.2 Å². The monoisotopic (exact) mass is 396 g/mol. The summed E-state index contributed by atoms with van der Waals surface area (Å²) >= 11 is 0. The lowest BCUT2D eigenvalue weighted by atomic mass is 10.0. The smallest absolute Gasteiger partial charge is 0.255 e. The fraction of sp³-hybridized carbons (Fsp3) is 0.391. The molecule has 1 heterocycles. The molecule has 0 fully saturated rings. The SMILES string of the molecule is CCCCNC(=O)C1c2ccccc2C(=O)N1CCc1cc(OC)cc(OC)c1. The number of ether oxygens (including phenoxy) is 2. The molecule has 0 saturated heterocycles. The summed E-state index contributed by atoms with van der Waals surface area (Å²) in [7, 11) is 3.21. The third-order valence-corrected chi connectivity index (χ3v) is 5.19. The Bertz CT molecular complexity index is 859. The minimum atomic E-state index is -0.594. The molecule has 6 heteroatoms. The molecule has 0 aliphatic carbocycles. The van der Waals surface area contributed by atoms with E-state index in [1.165, 1.54) is 0 Å². The van der Waals surface area contributed by atoms with Crippen molar-refractivity contribution in [3.8, 4) is 11.5 Å². The van der Waals surface area contributed by atoms with E-state index in [0.29, 0.717) is 36.6 Å². The van der Waals surface area contributed by atoms with Crippen LogP contribution in [-0.2, 0) is 11.2 Å². The van der Waals surface area contributed by atoms with E-state index in [1.807, 2.05) is 36.4 Å². The lowest BCUT2D eigenvalue weighted by Crippen LogP contribution is -2.40. The van der Waals surface area contributed by atoms with Crippen LogP contribution in [0.3, 0.4) is 0 Å². The average molecular weight is 396 g/mol. The second-order valence-electron chi connectivity index (χ2n) is 7.10. The molecule has 2 aromatic rings. The zero-order chi connectivity index (χ0) is 20.8. The third-order valence-electron chi connectivity index (χ3n) is 5.19. The van der Waals surface area contributed by atoms with E-state index >= 15 is 0 Å². The fourth-order valence-corrected chi connectivity index (χ4v) is 3.63. The van der Waals surface area contributed by atoms with E-state index in [0.717, 1.165) is 24.0 Å². The molecule has 1 aliphatic heterocycles. The second-order valence-corrected chi connectivity index (χ2v) is 7.10. The van der Waals surface area contributed by atoms with Crippen LogP contribution < -0.4 is 14.8 Å². The first-order valence-corrected chi connectivity index (χ1v) is 9.98. The van der Waals surface area contributed by atoms with Gasteiger partial charge in [0.25, 0.3) is 5.91 Å². The Balaban J connectivity index is 1.81. The predicted molar refractivity (Wildman–Crippen MR) is 111 cm³/mol. The zero-order valence-electron chi connectivity index (χ0n) is 17.2. The van der Waals surface area contributed by atoms with Crippen LogP contribution in [0.4, 0.5) is 0 Å². The van der Waals surface area contributed by atoms with Crippen LogP contribution in [0.25, 0.3) is 0 Å². The van der Waals surface area contributed by atoms with Crippen molar-refractivity contribution < 1.29 is 19.1 Å². The van der Waals surface area contributed by atoms with Gasteiger partial charge < -0.3 is 19.7 Å².